The van der Waals surface area contributed by atoms with Crippen molar-refractivity contribution >= 4 is 11.6 Å². The summed E-state index contributed by atoms with van der Waals surface area (Å²) in [4.78, 5) is 26.9. The van der Waals surface area contributed by atoms with Gasteiger partial charge in [-0.2, -0.15) is 13.2 Å². The fourth-order valence-corrected chi connectivity index (χ4v) is 4.68. The van der Waals surface area contributed by atoms with E-state index in [1.54, 1.807) is 35.4 Å². The summed E-state index contributed by atoms with van der Waals surface area (Å²) < 4.78 is 43.1. The van der Waals surface area contributed by atoms with Gasteiger partial charge in [0.05, 0.1) is 17.6 Å². The minimum Gasteiger partial charge on any atom is -0.484 e. The van der Waals surface area contributed by atoms with E-state index in [1.807, 2.05) is 0 Å². The molecule has 0 unspecified atom stereocenters. The van der Waals surface area contributed by atoms with E-state index in [4.69, 9.17) is 4.74 Å². The van der Waals surface area contributed by atoms with Gasteiger partial charge in [0, 0.05) is 24.5 Å². The van der Waals surface area contributed by atoms with Gasteiger partial charge in [0.1, 0.15) is 5.75 Å². The number of benzene rings is 1. The highest BCUT2D eigenvalue weighted by Crippen LogP contribution is 2.49. The third-order valence-electron chi connectivity index (χ3n) is 6.57. The highest BCUT2D eigenvalue weighted by Gasteiger charge is 2.51. The largest absolute Gasteiger partial charge is 0.484 e. The van der Waals surface area contributed by atoms with Crippen LogP contribution in [-0.2, 0) is 11.3 Å². The van der Waals surface area contributed by atoms with Crippen LogP contribution < -0.4 is 15.2 Å². The van der Waals surface area contributed by atoms with Crippen LogP contribution in [0.1, 0.15) is 32.1 Å². The molecule has 4 rings (SSSR count). The van der Waals surface area contributed by atoms with E-state index in [1.165, 1.54) is 22.8 Å². The molecule has 32 heavy (non-hydrogen) atoms. The van der Waals surface area contributed by atoms with Crippen LogP contribution in [0.15, 0.2) is 53.5 Å². The van der Waals surface area contributed by atoms with Crippen molar-refractivity contribution in [3.05, 3.63) is 59.0 Å². The van der Waals surface area contributed by atoms with Gasteiger partial charge in [0.15, 0.2) is 6.61 Å². The number of anilines is 1. The van der Waals surface area contributed by atoms with Crippen molar-refractivity contribution in [3.8, 4) is 5.75 Å². The lowest BCUT2D eigenvalue weighted by Gasteiger charge is -2.41. The summed E-state index contributed by atoms with van der Waals surface area (Å²) in [7, 11) is 0. The number of carbonyl (C=O) groups excluding carboxylic acids is 1. The molecular formula is C23H25F3N2O4. The minimum atomic E-state index is -4.41. The quantitative estimate of drug-likeness (QED) is 0.757. The van der Waals surface area contributed by atoms with E-state index in [2.05, 4.69) is 0 Å². The van der Waals surface area contributed by atoms with Crippen LogP contribution in [0.2, 0.25) is 0 Å². The number of aliphatic hydroxyl groups is 1. The molecule has 0 atom stereocenters. The van der Waals surface area contributed by atoms with Crippen LogP contribution in [0.4, 0.5) is 18.9 Å². The Bertz CT molecular complexity index is 1020. The smallest absolute Gasteiger partial charge is 0.422 e. The van der Waals surface area contributed by atoms with Gasteiger partial charge in [-0.1, -0.05) is 6.07 Å². The predicted molar refractivity (Wildman–Crippen MR) is 112 cm³/mol. The number of carbonyl (C=O) groups is 1. The van der Waals surface area contributed by atoms with Gasteiger partial charge in [0.25, 0.3) is 5.56 Å². The number of ether oxygens (including phenoxy) is 1. The molecule has 2 heterocycles. The summed E-state index contributed by atoms with van der Waals surface area (Å²) >= 11 is 0. The molecule has 1 aliphatic heterocycles. The molecule has 9 heteroatoms. The van der Waals surface area contributed by atoms with E-state index in [0.29, 0.717) is 44.3 Å². The number of alkyl halides is 3. The van der Waals surface area contributed by atoms with Gasteiger partial charge >= 0.3 is 6.18 Å². The average Bonchev–Trinajstić information content (AvgIpc) is 3.07. The molecule has 172 valence electrons. The number of aromatic nitrogens is 1. The molecule has 2 aliphatic rings. The first-order valence-electron chi connectivity index (χ1n) is 10.6. The van der Waals surface area contributed by atoms with E-state index in [-0.39, 0.29) is 23.8 Å². The van der Waals surface area contributed by atoms with Crippen LogP contribution in [0.5, 0.6) is 5.75 Å². The molecule has 0 bridgehead atoms. The Morgan fingerprint density at radius 2 is 1.66 bits per heavy atom. The minimum absolute atomic E-state index is 0.0274. The fraction of sp³-hybridized carbons (Fsp3) is 0.478. The number of amides is 1. The summed E-state index contributed by atoms with van der Waals surface area (Å²) in [5, 5.41) is 11.0. The molecule has 1 spiro atoms. The SMILES string of the molecule is O=c1ccccn1C[C@]1(O)CC[C@]2(CCN(c3ccc(OCC(F)(F)F)cc3)C2=O)CC1. The number of pyridine rings is 1. The van der Waals surface area contributed by atoms with Gasteiger partial charge in [-0.3, -0.25) is 9.59 Å². The van der Waals surface area contributed by atoms with Crippen molar-refractivity contribution in [3.63, 3.8) is 0 Å². The lowest BCUT2D eigenvalue weighted by Crippen LogP contribution is -2.46. The zero-order valence-electron chi connectivity index (χ0n) is 17.5. The number of nitrogens with zero attached hydrogens (tertiary/aromatic N) is 2. The second-order valence-corrected chi connectivity index (χ2v) is 8.78. The lowest BCUT2D eigenvalue weighted by molar-refractivity contribution is -0.153. The Morgan fingerprint density at radius 1 is 0.969 bits per heavy atom. The highest BCUT2D eigenvalue weighted by atomic mass is 19.4. The van der Waals surface area contributed by atoms with Crippen molar-refractivity contribution in [1.82, 2.24) is 4.57 Å². The van der Waals surface area contributed by atoms with Crippen LogP contribution in [0, 0.1) is 5.41 Å². The normalized spacial score (nSPS) is 26.0. The van der Waals surface area contributed by atoms with Crippen molar-refractivity contribution in [1.29, 1.82) is 0 Å². The lowest BCUT2D eigenvalue weighted by atomic mass is 9.67. The topological polar surface area (TPSA) is 71.8 Å². The molecule has 1 amide bonds. The first kappa shape index (κ1) is 22.4. The molecule has 2 aromatic rings. The Hall–Kier alpha value is -2.81. The summed E-state index contributed by atoms with van der Waals surface area (Å²) in [6.45, 7) is -0.658. The van der Waals surface area contributed by atoms with Crippen LogP contribution in [0.3, 0.4) is 0 Å². The van der Waals surface area contributed by atoms with Crippen molar-refractivity contribution in [2.75, 3.05) is 18.1 Å². The van der Waals surface area contributed by atoms with Gasteiger partial charge in [-0.25, -0.2) is 0 Å². The summed E-state index contributed by atoms with van der Waals surface area (Å²) in [5.74, 6) is 0.0618. The predicted octanol–water partition coefficient (Wildman–Crippen LogP) is 3.52. The Labute approximate surface area is 183 Å². The van der Waals surface area contributed by atoms with E-state index in [0.717, 1.165) is 0 Å². The summed E-state index contributed by atoms with van der Waals surface area (Å²) in [6, 6.07) is 10.9. The molecule has 2 fully saturated rings. The fourth-order valence-electron chi connectivity index (χ4n) is 4.68. The Morgan fingerprint density at radius 3 is 2.28 bits per heavy atom. The van der Waals surface area contributed by atoms with Gasteiger partial charge < -0.3 is 19.3 Å². The van der Waals surface area contributed by atoms with Gasteiger partial charge in [-0.15, -0.1) is 0 Å². The van der Waals surface area contributed by atoms with E-state index >= 15 is 0 Å². The van der Waals surface area contributed by atoms with Crippen molar-refractivity contribution in [2.24, 2.45) is 5.41 Å². The maximum Gasteiger partial charge on any atom is 0.422 e. The standard InChI is InChI=1S/C23H25F3N2O4/c24-23(25,26)16-32-18-6-4-17(5-7-18)28-14-12-21(20(28)30)8-10-22(31,11-9-21)15-27-13-2-1-3-19(27)29/h1-7,13,31H,8-12,14-16H2/t21-,22+. The number of halogens is 3. The van der Waals surface area contributed by atoms with Crippen LogP contribution in [0.25, 0.3) is 0 Å². The molecule has 1 saturated heterocycles. The highest BCUT2D eigenvalue weighted by molar-refractivity contribution is 6.00. The Kier molecular flexibility index (Phi) is 5.79. The molecular weight excluding hydrogens is 425 g/mol. The zero-order valence-corrected chi connectivity index (χ0v) is 17.5. The second-order valence-electron chi connectivity index (χ2n) is 8.78. The molecule has 6 nitrogen and oxygen atoms in total. The molecule has 0 radical (unpaired) electrons. The summed E-state index contributed by atoms with van der Waals surface area (Å²) in [6.07, 6.45) is -0.238. The van der Waals surface area contributed by atoms with Crippen molar-refractivity contribution in [2.45, 2.75) is 50.4 Å². The monoisotopic (exact) mass is 450 g/mol. The second kappa shape index (κ2) is 8.27. The molecule has 1 N–H and O–H groups in total. The third kappa shape index (κ3) is 4.67. The first-order chi connectivity index (χ1) is 15.1. The zero-order chi connectivity index (χ0) is 23.0. The molecule has 1 aromatic heterocycles. The first-order valence-corrected chi connectivity index (χ1v) is 10.6. The number of hydrogen-bond donors (Lipinski definition) is 1. The van der Waals surface area contributed by atoms with Crippen molar-refractivity contribution < 1.29 is 27.8 Å². The van der Waals surface area contributed by atoms with Crippen LogP contribution in [-0.4, -0.2) is 40.5 Å². The maximum atomic E-state index is 13.3. The van der Waals surface area contributed by atoms with E-state index in [9.17, 15) is 27.9 Å². The average molecular weight is 450 g/mol. The van der Waals surface area contributed by atoms with Gasteiger partial charge in [-0.05, 0) is 62.4 Å². The molecule has 1 saturated carbocycles. The number of hydrogen-bond acceptors (Lipinski definition) is 4. The molecule has 1 aliphatic carbocycles. The van der Waals surface area contributed by atoms with Crippen LogP contribution >= 0.6 is 0 Å². The van der Waals surface area contributed by atoms with E-state index < -0.39 is 23.8 Å². The summed E-state index contributed by atoms with van der Waals surface area (Å²) in [5.41, 5.74) is -1.16. The Balaban J connectivity index is 1.39. The molecule has 1 aromatic carbocycles. The van der Waals surface area contributed by atoms with Gasteiger partial charge in [0.2, 0.25) is 5.91 Å². The maximum absolute atomic E-state index is 13.3. The third-order valence-corrected chi connectivity index (χ3v) is 6.57. The number of rotatable bonds is 5.